The Morgan fingerprint density at radius 1 is 0.929 bits per heavy atom. The van der Waals surface area contributed by atoms with E-state index < -0.39 is 0 Å². The number of benzene rings is 2. The molecule has 28 heavy (non-hydrogen) atoms. The molecule has 0 unspecified atom stereocenters. The van der Waals surface area contributed by atoms with Crippen molar-refractivity contribution in [2.24, 2.45) is 0 Å². The van der Waals surface area contributed by atoms with Gasteiger partial charge in [0.05, 0.1) is 0 Å². The summed E-state index contributed by atoms with van der Waals surface area (Å²) in [6.45, 7) is 2.15. The van der Waals surface area contributed by atoms with Gasteiger partial charge in [-0.25, -0.2) is 0 Å². The third kappa shape index (κ3) is 5.72. The fourth-order valence-electron chi connectivity index (χ4n) is 3.05. The first kappa shape index (κ1) is 19.7. The van der Waals surface area contributed by atoms with E-state index in [2.05, 4.69) is 15.2 Å². The molecule has 0 saturated carbocycles. The van der Waals surface area contributed by atoms with Crippen molar-refractivity contribution in [2.75, 3.05) is 10.6 Å². The van der Waals surface area contributed by atoms with Gasteiger partial charge < -0.3 is 15.2 Å². The molecule has 1 aromatic heterocycles. The van der Waals surface area contributed by atoms with Gasteiger partial charge in [0.25, 0.3) is 0 Å². The molecule has 0 aliphatic carbocycles. The lowest BCUT2D eigenvalue weighted by Crippen LogP contribution is -2.18. The molecule has 3 aromatic rings. The highest BCUT2D eigenvalue weighted by Gasteiger charge is 2.17. The van der Waals surface area contributed by atoms with Gasteiger partial charge >= 0.3 is 0 Å². The Labute approximate surface area is 169 Å². The van der Waals surface area contributed by atoms with Crippen LogP contribution in [0.5, 0.6) is 0 Å². The largest absolute Gasteiger partial charge is 0.354 e. The Morgan fingerprint density at radius 3 is 2.07 bits per heavy atom. The van der Waals surface area contributed by atoms with Gasteiger partial charge in [0, 0.05) is 54.6 Å². The number of nitrogens with zero attached hydrogens (tertiary/aromatic N) is 1. The molecular formula is C22H22ClN3O2. The van der Waals surface area contributed by atoms with Gasteiger partial charge in [-0.05, 0) is 54.1 Å². The minimum atomic E-state index is -0.132. The quantitative estimate of drug-likeness (QED) is 0.596. The van der Waals surface area contributed by atoms with Gasteiger partial charge in [0.1, 0.15) is 0 Å². The van der Waals surface area contributed by atoms with Crippen molar-refractivity contribution in [3.8, 4) is 0 Å². The summed E-state index contributed by atoms with van der Waals surface area (Å²) in [5, 5.41) is 6.30. The molecule has 1 heterocycles. The van der Waals surface area contributed by atoms with Crippen LogP contribution in [0.25, 0.3) is 0 Å². The van der Waals surface area contributed by atoms with E-state index in [4.69, 9.17) is 11.6 Å². The SMILES string of the molecule is CC(=O)Nc1ccc(NC(=O)C[C@@H](Cn2cccc2)c2ccc(Cl)cc2)cc1. The third-order valence-corrected chi connectivity index (χ3v) is 4.61. The van der Waals surface area contributed by atoms with Crippen LogP contribution in [0.4, 0.5) is 11.4 Å². The molecule has 2 aromatic carbocycles. The molecular weight excluding hydrogens is 374 g/mol. The molecule has 0 aliphatic heterocycles. The third-order valence-electron chi connectivity index (χ3n) is 4.36. The Bertz CT molecular complexity index is 919. The first-order valence-electron chi connectivity index (χ1n) is 9.03. The van der Waals surface area contributed by atoms with Crippen LogP contribution in [0.3, 0.4) is 0 Å². The summed E-state index contributed by atoms with van der Waals surface area (Å²) in [6.07, 6.45) is 4.32. The topological polar surface area (TPSA) is 63.1 Å². The predicted molar refractivity (Wildman–Crippen MR) is 113 cm³/mol. The van der Waals surface area contributed by atoms with E-state index in [9.17, 15) is 9.59 Å². The Morgan fingerprint density at radius 2 is 1.50 bits per heavy atom. The molecule has 1 atom stereocenters. The standard InChI is InChI=1S/C22H22ClN3O2/c1-16(27)24-20-8-10-21(11-9-20)25-22(28)14-18(15-26-12-2-3-13-26)17-4-6-19(23)7-5-17/h2-13,18H,14-15H2,1H3,(H,24,27)(H,25,28)/t18-/m0/s1. The summed E-state index contributed by atoms with van der Waals surface area (Å²) in [5.74, 6) is -0.185. The number of hydrogen-bond acceptors (Lipinski definition) is 2. The molecule has 0 saturated heterocycles. The van der Waals surface area contributed by atoms with Gasteiger partial charge in [0.2, 0.25) is 11.8 Å². The second kappa shape index (κ2) is 9.24. The smallest absolute Gasteiger partial charge is 0.225 e. The molecule has 0 spiro atoms. The fraction of sp³-hybridized carbons (Fsp3) is 0.182. The maximum atomic E-state index is 12.6. The minimum absolute atomic E-state index is 0.0170. The number of rotatable bonds is 7. The average molecular weight is 396 g/mol. The number of anilines is 2. The minimum Gasteiger partial charge on any atom is -0.354 e. The zero-order chi connectivity index (χ0) is 19.9. The van der Waals surface area contributed by atoms with E-state index in [1.54, 1.807) is 24.3 Å². The second-order valence-electron chi connectivity index (χ2n) is 6.64. The summed E-state index contributed by atoms with van der Waals surface area (Å²) < 4.78 is 2.06. The fourth-order valence-corrected chi connectivity index (χ4v) is 3.17. The van der Waals surface area contributed by atoms with Crippen LogP contribution in [0.15, 0.2) is 73.1 Å². The number of amides is 2. The summed E-state index contributed by atoms with van der Waals surface area (Å²) in [5.41, 5.74) is 2.45. The predicted octanol–water partition coefficient (Wildman–Crippen LogP) is 4.91. The summed E-state index contributed by atoms with van der Waals surface area (Å²) in [6, 6.07) is 18.6. The van der Waals surface area contributed by atoms with Crippen molar-refractivity contribution >= 4 is 34.8 Å². The molecule has 144 valence electrons. The van der Waals surface area contributed by atoms with Crippen LogP contribution in [0.1, 0.15) is 24.8 Å². The normalized spacial score (nSPS) is 11.6. The molecule has 2 N–H and O–H groups in total. The Hall–Kier alpha value is -3.05. The average Bonchev–Trinajstić information content (AvgIpc) is 3.16. The number of aromatic nitrogens is 1. The van der Waals surface area contributed by atoms with Crippen LogP contribution < -0.4 is 10.6 Å². The monoisotopic (exact) mass is 395 g/mol. The summed E-state index contributed by atoms with van der Waals surface area (Å²) in [7, 11) is 0. The van der Waals surface area contributed by atoms with Crippen LogP contribution >= 0.6 is 11.6 Å². The van der Waals surface area contributed by atoms with Crippen molar-refractivity contribution in [3.05, 3.63) is 83.6 Å². The summed E-state index contributed by atoms with van der Waals surface area (Å²) in [4.78, 5) is 23.7. The zero-order valence-electron chi connectivity index (χ0n) is 15.6. The van der Waals surface area contributed by atoms with Crippen LogP contribution in [-0.4, -0.2) is 16.4 Å². The van der Waals surface area contributed by atoms with Crippen molar-refractivity contribution in [1.82, 2.24) is 4.57 Å². The molecule has 3 rings (SSSR count). The van der Waals surface area contributed by atoms with Gasteiger partial charge in [-0.3, -0.25) is 9.59 Å². The first-order valence-corrected chi connectivity index (χ1v) is 9.41. The highest BCUT2D eigenvalue weighted by Crippen LogP contribution is 2.25. The van der Waals surface area contributed by atoms with E-state index in [1.165, 1.54) is 6.92 Å². The van der Waals surface area contributed by atoms with Crippen molar-refractivity contribution in [1.29, 1.82) is 0 Å². The van der Waals surface area contributed by atoms with E-state index >= 15 is 0 Å². The molecule has 2 amide bonds. The maximum Gasteiger partial charge on any atom is 0.225 e. The molecule has 0 aliphatic rings. The zero-order valence-corrected chi connectivity index (χ0v) is 16.3. The molecule has 0 bridgehead atoms. The van der Waals surface area contributed by atoms with Gasteiger partial charge in [-0.1, -0.05) is 23.7 Å². The molecule has 0 radical (unpaired) electrons. The van der Waals surface area contributed by atoms with Gasteiger partial charge in [-0.2, -0.15) is 0 Å². The van der Waals surface area contributed by atoms with Crippen LogP contribution in [-0.2, 0) is 16.1 Å². The van der Waals surface area contributed by atoms with Crippen molar-refractivity contribution in [3.63, 3.8) is 0 Å². The van der Waals surface area contributed by atoms with Gasteiger partial charge in [0.15, 0.2) is 0 Å². The van der Waals surface area contributed by atoms with Crippen LogP contribution in [0, 0.1) is 0 Å². The number of nitrogens with one attached hydrogen (secondary N) is 2. The van der Waals surface area contributed by atoms with E-state index in [1.807, 2.05) is 48.8 Å². The van der Waals surface area contributed by atoms with Crippen molar-refractivity contribution < 1.29 is 9.59 Å². The number of hydrogen-bond donors (Lipinski definition) is 2. The number of halogens is 1. The maximum absolute atomic E-state index is 12.6. The lowest BCUT2D eigenvalue weighted by Gasteiger charge is -2.18. The second-order valence-corrected chi connectivity index (χ2v) is 7.08. The molecule has 0 fully saturated rings. The van der Waals surface area contributed by atoms with Crippen molar-refractivity contribution in [2.45, 2.75) is 25.8 Å². The van der Waals surface area contributed by atoms with Gasteiger partial charge in [-0.15, -0.1) is 0 Å². The Kier molecular flexibility index (Phi) is 6.50. The van der Waals surface area contributed by atoms with Crippen LogP contribution in [0.2, 0.25) is 5.02 Å². The number of carbonyl (C=O) groups excluding carboxylic acids is 2. The highest BCUT2D eigenvalue weighted by molar-refractivity contribution is 6.30. The number of carbonyl (C=O) groups is 2. The summed E-state index contributed by atoms with van der Waals surface area (Å²) >= 11 is 6.01. The molecule has 6 heteroatoms. The lowest BCUT2D eigenvalue weighted by molar-refractivity contribution is -0.116. The van der Waals surface area contributed by atoms with E-state index in [0.29, 0.717) is 29.4 Å². The van der Waals surface area contributed by atoms with E-state index in [0.717, 1.165) is 5.56 Å². The first-order chi connectivity index (χ1) is 13.5. The Balaban J connectivity index is 1.68. The van der Waals surface area contributed by atoms with E-state index in [-0.39, 0.29) is 17.7 Å². The molecule has 5 nitrogen and oxygen atoms in total. The lowest BCUT2D eigenvalue weighted by atomic mass is 9.95. The highest BCUT2D eigenvalue weighted by atomic mass is 35.5.